The van der Waals surface area contributed by atoms with E-state index in [1.165, 1.54) is 22.2 Å². The van der Waals surface area contributed by atoms with Gasteiger partial charge in [0.15, 0.2) is 4.34 Å². The Balaban J connectivity index is 1.52. The van der Waals surface area contributed by atoms with Gasteiger partial charge < -0.3 is 5.32 Å². The number of aromatic nitrogens is 1. The second kappa shape index (κ2) is 6.60. The van der Waals surface area contributed by atoms with E-state index in [2.05, 4.69) is 29.4 Å². The fourth-order valence-electron chi connectivity index (χ4n) is 1.86. The second-order valence-corrected chi connectivity index (χ2v) is 7.79. The molecule has 3 rings (SSSR count). The molecule has 0 unspecified atom stereocenters. The molecule has 0 bridgehead atoms. The number of thioether (sulfide) groups is 1. The van der Waals surface area contributed by atoms with Gasteiger partial charge in [-0.15, -0.1) is 22.7 Å². The molecule has 0 saturated heterocycles. The van der Waals surface area contributed by atoms with E-state index in [0.29, 0.717) is 12.3 Å². The zero-order chi connectivity index (χ0) is 14.7. The molecule has 0 spiro atoms. The summed E-state index contributed by atoms with van der Waals surface area (Å²) in [5, 5.41) is 5.01. The summed E-state index contributed by atoms with van der Waals surface area (Å²) in [6.07, 6.45) is 0. The Morgan fingerprint density at radius 2 is 2.19 bits per heavy atom. The van der Waals surface area contributed by atoms with Crippen molar-refractivity contribution in [2.24, 2.45) is 0 Å². The lowest BCUT2D eigenvalue weighted by Crippen LogP contribution is -2.24. The molecule has 2 aromatic heterocycles. The number of thiophene rings is 1. The lowest BCUT2D eigenvalue weighted by atomic mass is 10.3. The van der Waals surface area contributed by atoms with Crippen molar-refractivity contribution in [2.45, 2.75) is 17.8 Å². The van der Waals surface area contributed by atoms with E-state index in [1.807, 2.05) is 23.6 Å². The molecule has 0 aliphatic heterocycles. The molecule has 6 heteroatoms. The van der Waals surface area contributed by atoms with Crippen molar-refractivity contribution in [1.29, 1.82) is 0 Å². The number of hydrogen-bond acceptors (Lipinski definition) is 5. The fraction of sp³-hybridized carbons (Fsp3) is 0.200. The monoisotopic (exact) mass is 334 g/mol. The summed E-state index contributed by atoms with van der Waals surface area (Å²) in [6, 6.07) is 10.1. The number of nitrogens with one attached hydrogen (secondary N) is 1. The van der Waals surface area contributed by atoms with Crippen LogP contribution in [-0.4, -0.2) is 16.6 Å². The summed E-state index contributed by atoms with van der Waals surface area (Å²) in [6.45, 7) is 2.68. The third-order valence-electron chi connectivity index (χ3n) is 3.02. The number of para-hydroxylation sites is 1. The molecule has 0 saturated carbocycles. The molecule has 0 atom stereocenters. The number of carbonyl (C=O) groups is 1. The fourth-order valence-corrected chi connectivity index (χ4v) is 4.60. The molecule has 3 nitrogen and oxygen atoms in total. The van der Waals surface area contributed by atoms with Crippen molar-refractivity contribution in [2.75, 3.05) is 5.75 Å². The van der Waals surface area contributed by atoms with Crippen LogP contribution in [0.4, 0.5) is 0 Å². The van der Waals surface area contributed by atoms with Crippen molar-refractivity contribution in [3.63, 3.8) is 0 Å². The number of rotatable bonds is 5. The van der Waals surface area contributed by atoms with Crippen LogP contribution in [0, 0.1) is 6.92 Å². The minimum atomic E-state index is 0.0482. The van der Waals surface area contributed by atoms with Crippen LogP contribution in [0.5, 0.6) is 0 Å². The van der Waals surface area contributed by atoms with Crippen LogP contribution in [0.1, 0.15) is 10.4 Å². The Morgan fingerprint density at radius 3 is 2.95 bits per heavy atom. The van der Waals surface area contributed by atoms with E-state index >= 15 is 0 Å². The summed E-state index contributed by atoms with van der Waals surface area (Å²) >= 11 is 4.80. The number of amides is 1. The molecule has 2 heterocycles. The average molecular weight is 334 g/mol. The van der Waals surface area contributed by atoms with Crippen molar-refractivity contribution >= 4 is 50.6 Å². The summed E-state index contributed by atoms with van der Waals surface area (Å²) in [5.41, 5.74) is 2.23. The summed E-state index contributed by atoms with van der Waals surface area (Å²) in [5.74, 6) is 0.455. The van der Waals surface area contributed by atoms with Crippen molar-refractivity contribution < 1.29 is 4.79 Å². The molecule has 0 fully saturated rings. The van der Waals surface area contributed by atoms with Crippen LogP contribution in [0.15, 0.2) is 40.1 Å². The van der Waals surface area contributed by atoms with E-state index < -0.39 is 0 Å². The minimum absolute atomic E-state index is 0.0482. The number of fused-ring (bicyclic) bond motifs is 1. The third-order valence-corrected chi connectivity index (χ3v) is 6.22. The molecule has 0 radical (unpaired) electrons. The molecule has 0 aliphatic rings. The number of hydrogen-bond donors (Lipinski definition) is 1. The van der Waals surface area contributed by atoms with Gasteiger partial charge in [0.25, 0.3) is 0 Å². The van der Waals surface area contributed by atoms with Crippen LogP contribution in [0.3, 0.4) is 0 Å². The first-order chi connectivity index (χ1) is 10.2. The maximum atomic E-state index is 11.9. The van der Waals surface area contributed by atoms with Crippen LogP contribution in [0.2, 0.25) is 0 Å². The van der Waals surface area contributed by atoms with Gasteiger partial charge in [0, 0.05) is 4.88 Å². The highest BCUT2D eigenvalue weighted by atomic mass is 32.2. The van der Waals surface area contributed by atoms with E-state index in [4.69, 9.17) is 0 Å². The predicted octanol–water partition coefficient (Wildman–Crippen LogP) is 4.07. The summed E-state index contributed by atoms with van der Waals surface area (Å²) < 4.78 is 2.10. The van der Waals surface area contributed by atoms with E-state index in [0.717, 1.165) is 14.6 Å². The van der Waals surface area contributed by atoms with Gasteiger partial charge in [0.1, 0.15) is 0 Å². The molecule has 0 aliphatic carbocycles. The average Bonchev–Trinajstić information content (AvgIpc) is 3.08. The van der Waals surface area contributed by atoms with Crippen LogP contribution in [0.25, 0.3) is 10.2 Å². The highest BCUT2D eigenvalue weighted by molar-refractivity contribution is 8.01. The predicted molar refractivity (Wildman–Crippen MR) is 91.2 cm³/mol. The maximum Gasteiger partial charge on any atom is 0.230 e. The van der Waals surface area contributed by atoms with Gasteiger partial charge in [-0.2, -0.15) is 0 Å². The first-order valence-electron chi connectivity index (χ1n) is 6.50. The first-order valence-corrected chi connectivity index (χ1v) is 9.18. The van der Waals surface area contributed by atoms with Crippen molar-refractivity contribution in [3.05, 3.63) is 46.2 Å². The minimum Gasteiger partial charge on any atom is -0.350 e. The molecule has 3 aromatic rings. The summed E-state index contributed by atoms with van der Waals surface area (Å²) in [7, 11) is 0. The largest absolute Gasteiger partial charge is 0.350 e. The maximum absolute atomic E-state index is 11.9. The smallest absolute Gasteiger partial charge is 0.230 e. The van der Waals surface area contributed by atoms with Gasteiger partial charge in [-0.1, -0.05) is 23.9 Å². The normalized spacial score (nSPS) is 10.9. The highest BCUT2D eigenvalue weighted by Crippen LogP contribution is 2.29. The first kappa shape index (κ1) is 14.6. The van der Waals surface area contributed by atoms with Gasteiger partial charge in [-0.05, 0) is 36.1 Å². The van der Waals surface area contributed by atoms with E-state index in [-0.39, 0.29) is 5.91 Å². The number of aryl methyl sites for hydroxylation is 1. The van der Waals surface area contributed by atoms with Gasteiger partial charge in [0.2, 0.25) is 5.91 Å². The second-order valence-electron chi connectivity index (χ2n) is 4.54. The van der Waals surface area contributed by atoms with Crippen molar-refractivity contribution in [1.82, 2.24) is 10.3 Å². The molecule has 108 valence electrons. The Bertz CT molecular complexity index is 730. The van der Waals surface area contributed by atoms with Crippen LogP contribution < -0.4 is 5.32 Å². The quantitative estimate of drug-likeness (QED) is 0.715. The Kier molecular flexibility index (Phi) is 4.57. The Labute approximate surface area is 135 Å². The van der Waals surface area contributed by atoms with Crippen LogP contribution >= 0.6 is 34.4 Å². The van der Waals surface area contributed by atoms with Gasteiger partial charge in [-0.25, -0.2) is 4.98 Å². The SMILES string of the molecule is Cc1ccsc1CNC(=O)CSc1nc2ccccc2s1. The van der Waals surface area contributed by atoms with Gasteiger partial charge in [0.05, 0.1) is 22.5 Å². The van der Waals surface area contributed by atoms with Crippen LogP contribution in [-0.2, 0) is 11.3 Å². The molecule has 1 amide bonds. The molecule has 1 N–H and O–H groups in total. The van der Waals surface area contributed by atoms with Crippen molar-refractivity contribution in [3.8, 4) is 0 Å². The number of carbonyl (C=O) groups excluding carboxylic acids is 1. The van der Waals surface area contributed by atoms with Gasteiger partial charge >= 0.3 is 0 Å². The molecular formula is C15H14N2OS3. The Morgan fingerprint density at radius 1 is 1.33 bits per heavy atom. The standard InChI is InChI=1S/C15H14N2OS3/c1-10-6-7-19-13(10)8-16-14(18)9-20-15-17-11-4-2-3-5-12(11)21-15/h2-7H,8-9H2,1H3,(H,16,18). The number of nitrogens with zero attached hydrogens (tertiary/aromatic N) is 1. The number of thiazole rings is 1. The van der Waals surface area contributed by atoms with Gasteiger partial charge in [-0.3, -0.25) is 4.79 Å². The molecule has 21 heavy (non-hydrogen) atoms. The highest BCUT2D eigenvalue weighted by Gasteiger charge is 2.08. The molecule has 1 aromatic carbocycles. The summed E-state index contributed by atoms with van der Waals surface area (Å²) in [4.78, 5) is 17.6. The zero-order valence-electron chi connectivity index (χ0n) is 11.5. The lowest BCUT2D eigenvalue weighted by Gasteiger charge is -2.03. The topological polar surface area (TPSA) is 42.0 Å². The Hall–Kier alpha value is -1.37. The lowest BCUT2D eigenvalue weighted by molar-refractivity contribution is -0.118. The van der Waals surface area contributed by atoms with E-state index in [1.54, 1.807) is 22.7 Å². The zero-order valence-corrected chi connectivity index (χ0v) is 13.9. The van der Waals surface area contributed by atoms with E-state index in [9.17, 15) is 4.79 Å². The number of benzene rings is 1. The molecular weight excluding hydrogens is 320 g/mol. The third kappa shape index (κ3) is 3.64.